The molecule has 0 bridgehead atoms. The van der Waals surface area contributed by atoms with Gasteiger partial charge in [0.15, 0.2) is 11.5 Å². The number of hydrogen-bond donors (Lipinski definition) is 1. The van der Waals surface area contributed by atoms with Gasteiger partial charge in [-0.15, -0.1) is 0 Å². The molecule has 1 heterocycles. The van der Waals surface area contributed by atoms with Gasteiger partial charge < -0.3 is 19.5 Å². The minimum absolute atomic E-state index is 0.119. The molecule has 1 fully saturated rings. The van der Waals surface area contributed by atoms with E-state index in [0.717, 1.165) is 36.6 Å². The molecule has 0 amide bonds. The molecular weight excluding hydrogens is 242 g/mol. The lowest BCUT2D eigenvalue weighted by Crippen LogP contribution is -2.29. The van der Waals surface area contributed by atoms with Gasteiger partial charge >= 0.3 is 0 Å². The molecule has 1 aliphatic carbocycles. The van der Waals surface area contributed by atoms with Gasteiger partial charge in [0.05, 0.1) is 6.61 Å². The molecule has 2 aliphatic rings. The Hall–Kier alpha value is -1.42. The molecule has 1 saturated carbocycles. The molecule has 1 aliphatic heterocycles. The van der Waals surface area contributed by atoms with E-state index in [0.29, 0.717) is 13.2 Å². The van der Waals surface area contributed by atoms with Crippen molar-refractivity contribution < 1.29 is 14.6 Å². The number of aliphatic hydroxyl groups is 1. The Bertz CT molecular complexity index is 483. The van der Waals surface area contributed by atoms with Gasteiger partial charge in [0.1, 0.15) is 13.2 Å². The fourth-order valence-corrected chi connectivity index (χ4v) is 2.72. The minimum atomic E-state index is 0.119. The van der Waals surface area contributed by atoms with Crippen LogP contribution >= 0.6 is 0 Å². The summed E-state index contributed by atoms with van der Waals surface area (Å²) in [6, 6.07) is 4.09. The van der Waals surface area contributed by atoms with Gasteiger partial charge in [0.2, 0.25) is 0 Å². The first-order valence-electron chi connectivity index (χ1n) is 6.86. The van der Waals surface area contributed by atoms with Crippen molar-refractivity contribution in [1.82, 2.24) is 0 Å². The van der Waals surface area contributed by atoms with E-state index in [1.165, 1.54) is 5.56 Å². The quantitative estimate of drug-likeness (QED) is 0.902. The lowest BCUT2D eigenvalue weighted by Gasteiger charge is -2.28. The first kappa shape index (κ1) is 12.6. The zero-order valence-corrected chi connectivity index (χ0v) is 11.6. The summed E-state index contributed by atoms with van der Waals surface area (Å²) < 4.78 is 11.2. The van der Waals surface area contributed by atoms with Gasteiger partial charge in [-0.3, -0.25) is 0 Å². The fourth-order valence-electron chi connectivity index (χ4n) is 2.72. The molecule has 0 atom stereocenters. The highest BCUT2D eigenvalue weighted by Gasteiger charge is 2.43. The van der Waals surface area contributed by atoms with Gasteiger partial charge in [-0.2, -0.15) is 0 Å². The number of aryl methyl sites for hydroxylation is 1. The highest BCUT2D eigenvalue weighted by Crippen LogP contribution is 2.46. The number of aliphatic hydroxyl groups excluding tert-OH is 1. The summed E-state index contributed by atoms with van der Waals surface area (Å²) in [5.74, 6) is 1.66. The second-order valence-electron chi connectivity index (χ2n) is 5.80. The summed E-state index contributed by atoms with van der Waals surface area (Å²) in [6.45, 7) is 4.49. The Morgan fingerprint density at radius 3 is 2.42 bits per heavy atom. The predicted octanol–water partition coefficient (Wildman–Crippen LogP) is 1.97. The highest BCUT2D eigenvalue weighted by molar-refractivity contribution is 5.61. The van der Waals surface area contributed by atoms with E-state index in [4.69, 9.17) is 9.47 Å². The molecule has 0 aromatic heterocycles. The van der Waals surface area contributed by atoms with Crippen LogP contribution in [0.5, 0.6) is 11.5 Å². The highest BCUT2D eigenvalue weighted by atomic mass is 16.6. The molecule has 19 heavy (non-hydrogen) atoms. The third-order valence-corrected chi connectivity index (χ3v) is 4.14. The number of ether oxygens (including phenoxy) is 2. The molecule has 1 N–H and O–H groups in total. The predicted molar refractivity (Wildman–Crippen MR) is 74.2 cm³/mol. The lowest BCUT2D eigenvalue weighted by molar-refractivity contribution is 0.171. The summed E-state index contributed by atoms with van der Waals surface area (Å²) in [6.07, 6.45) is 2.24. The zero-order chi connectivity index (χ0) is 13.5. The van der Waals surface area contributed by atoms with E-state index in [1.807, 2.05) is 6.07 Å². The van der Waals surface area contributed by atoms with Crippen LogP contribution in [0.2, 0.25) is 0 Å². The molecule has 1 aromatic rings. The van der Waals surface area contributed by atoms with E-state index in [1.54, 1.807) is 0 Å². The van der Waals surface area contributed by atoms with E-state index >= 15 is 0 Å². The molecule has 0 spiro atoms. The number of nitrogens with zero attached hydrogens (tertiary/aromatic N) is 1. The molecule has 0 radical (unpaired) electrons. The van der Waals surface area contributed by atoms with Crippen LogP contribution in [0.25, 0.3) is 0 Å². The van der Waals surface area contributed by atoms with Crippen LogP contribution in [0, 0.1) is 12.3 Å². The first-order chi connectivity index (χ1) is 9.13. The number of benzene rings is 1. The van der Waals surface area contributed by atoms with Crippen molar-refractivity contribution in [3.63, 3.8) is 0 Å². The van der Waals surface area contributed by atoms with Gasteiger partial charge in [0, 0.05) is 30.8 Å². The third kappa shape index (κ3) is 2.37. The summed E-state index contributed by atoms with van der Waals surface area (Å²) in [4.78, 5) is 2.22. The molecule has 104 valence electrons. The maximum atomic E-state index is 9.44. The Balaban J connectivity index is 1.83. The van der Waals surface area contributed by atoms with Crippen LogP contribution in [0.15, 0.2) is 12.1 Å². The molecular formula is C15H21NO3. The number of hydrogen-bond acceptors (Lipinski definition) is 4. The lowest BCUT2D eigenvalue weighted by atomic mass is 10.1. The number of anilines is 1. The molecule has 4 heteroatoms. The average molecular weight is 263 g/mol. The van der Waals surface area contributed by atoms with Gasteiger partial charge in [0.25, 0.3) is 0 Å². The zero-order valence-electron chi connectivity index (χ0n) is 11.6. The maximum Gasteiger partial charge on any atom is 0.163 e. The van der Waals surface area contributed by atoms with E-state index in [2.05, 4.69) is 24.9 Å². The second-order valence-corrected chi connectivity index (χ2v) is 5.80. The summed E-state index contributed by atoms with van der Waals surface area (Å²) >= 11 is 0. The maximum absolute atomic E-state index is 9.44. The van der Waals surface area contributed by atoms with Crippen molar-refractivity contribution in [1.29, 1.82) is 0 Å². The van der Waals surface area contributed by atoms with Crippen molar-refractivity contribution in [2.75, 3.05) is 38.3 Å². The molecule has 1 aromatic carbocycles. The van der Waals surface area contributed by atoms with Crippen molar-refractivity contribution in [3.05, 3.63) is 17.7 Å². The minimum Gasteiger partial charge on any atom is -0.486 e. The standard InChI is InChI=1S/C15H21NO3/c1-11-7-13-14(19-6-5-18-13)8-12(11)16(2)9-15(10-17)3-4-15/h7-8,17H,3-6,9-10H2,1-2H3. The van der Waals surface area contributed by atoms with Crippen LogP contribution < -0.4 is 14.4 Å². The average Bonchev–Trinajstić information content (AvgIpc) is 3.18. The summed E-state index contributed by atoms with van der Waals surface area (Å²) in [5, 5.41) is 9.44. The van der Waals surface area contributed by atoms with Crippen LogP contribution in [-0.4, -0.2) is 38.5 Å². The van der Waals surface area contributed by atoms with E-state index < -0.39 is 0 Å². The first-order valence-corrected chi connectivity index (χ1v) is 6.86. The molecule has 0 unspecified atom stereocenters. The van der Waals surface area contributed by atoms with Crippen molar-refractivity contribution >= 4 is 5.69 Å². The van der Waals surface area contributed by atoms with Crippen LogP contribution in [0.1, 0.15) is 18.4 Å². The normalized spacial score (nSPS) is 19.1. The Morgan fingerprint density at radius 2 is 1.84 bits per heavy atom. The Kier molecular flexibility index (Phi) is 3.05. The summed E-state index contributed by atoms with van der Waals surface area (Å²) in [7, 11) is 2.08. The molecule has 0 saturated heterocycles. The number of fused-ring (bicyclic) bond motifs is 1. The van der Waals surface area contributed by atoms with Crippen molar-refractivity contribution in [2.24, 2.45) is 5.41 Å². The van der Waals surface area contributed by atoms with Crippen LogP contribution in [0.4, 0.5) is 5.69 Å². The van der Waals surface area contributed by atoms with Gasteiger partial charge in [-0.25, -0.2) is 0 Å². The Morgan fingerprint density at radius 1 is 1.21 bits per heavy atom. The monoisotopic (exact) mass is 263 g/mol. The van der Waals surface area contributed by atoms with Gasteiger partial charge in [-0.1, -0.05) is 0 Å². The van der Waals surface area contributed by atoms with Gasteiger partial charge in [-0.05, 0) is 31.4 Å². The third-order valence-electron chi connectivity index (χ3n) is 4.14. The topological polar surface area (TPSA) is 41.9 Å². The SMILES string of the molecule is Cc1cc2c(cc1N(C)CC1(CO)CC1)OCCO2. The molecule has 3 rings (SSSR count). The van der Waals surface area contributed by atoms with E-state index in [-0.39, 0.29) is 12.0 Å². The van der Waals surface area contributed by atoms with Crippen LogP contribution in [0.3, 0.4) is 0 Å². The van der Waals surface area contributed by atoms with E-state index in [9.17, 15) is 5.11 Å². The summed E-state index contributed by atoms with van der Waals surface area (Å²) in [5.41, 5.74) is 2.46. The number of rotatable bonds is 4. The van der Waals surface area contributed by atoms with Crippen LogP contribution in [-0.2, 0) is 0 Å². The fraction of sp³-hybridized carbons (Fsp3) is 0.600. The molecule has 4 nitrogen and oxygen atoms in total. The smallest absolute Gasteiger partial charge is 0.163 e. The van der Waals surface area contributed by atoms with Crippen molar-refractivity contribution in [2.45, 2.75) is 19.8 Å². The second kappa shape index (κ2) is 4.60. The van der Waals surface area contributed by atoms with Crippen molar-refractivity contribution in [3.8, 4) is 11.5 Å². The largest absolute Gasteiger partial charge is 0.486 e. The Labute approximate surface area is 113 Å².